The molecule has 0 saturated carbocycles. The van der Waals surface area contributed by atoms with Gasteiger partial charge in [-0.1, -0.05) is 88.4 Å². The summed E-state index contributed by atoms with van der Waals surface area (Å²) in [7, 11) is -0.630. The van der Waals surface area contributed by atoms with Crippen LogP contribution in [0.25, 0.3) is 0 Å². The van der Waals surface area contributed by atoms with E-state index in [9.17, 15) is 0 Å². The Morgan fingerprint density at radius 1 is 1.04 bits per heavy atom. The molecule has 1 fully saturated rings. The van der Waals surface area contributed by atoms with Crippen LogP contribution < -0.4 is 10.4 Å². The summed E-state index contributed by atoms with van der Waals surface area (Å²) in [5.41, 5.74) is -1.18. The molecule has 3 rings (SSSR count). The Kier molecular flexibility index (Phi) is 6.13. The maximum Gasteiger partial charge on any atom is 0.261 e. The van der Waals surface area contributed by atoms with Crippen LogP contribution in [-0.2, 0) is 4.43 Å². The molecule has 2 atom stereocenters. The van der Waals surface area contributed by atoms with Gasteiger partial charge in [-0.25, -0.2) is 4.39 Å². The second-order valence-electron chi connectivity index (χ2n) is 9.31. The third kappa shape index (κ3) is 4.09. The van der Waals surface area contributed by atoms with E-state index in [1.807, 2.05) is 26.1 Å². The SMILES string of the molecule is CC[C@@]1(F)C[C@@H](O[Si](c2ccccc2)(c2ccccc2)C(C)(C)C)CN(C)C1. The van der Waals surface area contributed by atoms with Crippen LogP contribution in [0.3, 0.4) is 0 Å². The lowest BCUT2D eigenvalue weighted by atomic mass is 9.91. The maximum absolute atomic E-state index is 15.4. The van der Waals surface area contributed by atoms with Gasteiger partial charge in [-0.3, -0.25) is 0 Å². The molecule has 0 unspecified atom stereocenters. The summed E-state index contributed by atoms with van der Waals surface area (Å²) in [6, 6.07) is 21.2. The normalized spacial score (nSPS) is 24.3. The molecule has 0 bridgehead atoms. The number of benzene rings is 2. The maximum atomic E-state index is 15.4. The minimum atomic E-state index is -2.63. The second kappa shape index (κ2) is 8.09. The summed E-state index contributed by atoms with van der Waals surface area (Å²) in [6.07, 6.45) is 0.881. The van der Waals surface area contributed by atoms with Crippen molar-refractivity contribution in [2.45, 2.75) is 57.3 Å². The zero-order valence-corrected chi connectivity index (χ0v) is 18.9. The number of hydrogen-bond acceptors (Lipinski definition) is 2. The van der Waals surface area contributed by atoms with Gasteiger partial charge in [-0.15, -0.1) is 0 Å². The van der Waals surface area contributed by atoms with Gasteiger partial charge in [0.2, 0.25) is 0 Å². The number of alkyl halides is 1. The molecule has 0 amide bonds. The Balaban J connectivity index is 2.11. The third-order valence-corrected chi connectivity index (χ3v) is 11.1. The fourth-order valence-corrected chi connectivity index (χ4v) is 9.38. The van der Waals surface area contributed by atoms with Crippen LogP contribution in [0.5, 0.6) is 0 Å². The molecule has 0 spiro atoms. The first-order valence-corrected chi connectivity index (χ1v) is 12.3. The minimum absolute atomic E-state index is 0.0864. The Bertz CT molecular complexity index is 722. The first-order valence-electron chi connectivity index (χ1n) is 10.4. The van der Waals surface area contributed by atoms with Gasteiger partial charge < -0.3 is 9.33 Å². The first kappa shape index (κ1) is 21.2. The van der Waals surface area contributed by atoms with Crippen LogP contribution in [0.15, 0.2) is 60.7 Å². The number of likely N-dealkylation sites (N-methyl/N-ethyl adjacent to an activating group) is 1. The van der Waals surface area contributed by atoms with Gasteiger partial charge in [0.05, 0.1) is 6.10 Å². The molecule has 152 valence electrons. The molecule has 1 aliphatic heterocycles. The van der Waals surface area contributed by atoms with E-state index in [0.717, 1.165) is 6.54 Å². The van der Waals surface area contributed by atoms with E-state index < -0.39 is 14.0 Å². The van der Waals surface area contributed by atoms with Crippen molar-refractivity contribution in [2.75, 3.05) is 20.1 Å². The van der Waals surface area contributed by atoms with Gasteiger partial charge in [0.1, 0.15) is 5.67 Å². The molecule has 0 N–H and O–H groups in total. The van der Waals surface area contributed by atoms with Crippen molar-refractivity contribution in [1.29, 1.82) is 0 Å². The molecular formula is C24H34FNOSi. The van der Waals surface area contributed by atoms with Crippen LogP contribution in [-0.4, -0.2) is 45.1 Å². The lowest BCUT2D eigenvalue weighted by Gasteiger charge is -2.48. The van der Waals surface area contributed by atoms with Crippen LogP contribution in [0.4, 0.5) is 4.39 Å². The largest absolute Gasteiger partial charge is 0.403 e. The highest BCUT2D eigenvalue weighted by Crippen LogP contribution is 2.40. The van der Waals surface area contributed by atoms with Crippen LogP contribution in [0.1, 0.15) is 40.5 Å². The topological polar surface area (TPSA) is 12.5 Å². The number of rotatable bonds is 5. The number of nitrogens with zero attached hydrogens (tertiary/aromatic N) is 1. The van der Waals surface area contributed by atoms with E-state index >= 15 is 4.39 Å². The Morgan fingerprint density at radius 2 is 1.54 bits per heavy atom. The van der Waals surface area contributed by atoms with Crippen molar-refractivity contribution in [3.63, 3.8) is 0 Å². The first-order chi connectivity index (χ1) is 13.2. The summed E-state index contributed by atoms with van der Waals surface area (Å²) in [6.45, 7) is 10.0. The van der Waals surface area contributed by atoms with Gasteiger partial charge in [0, 0.05) is 19.5 Å². The van der Waals surface area contributed by atoms with Gasteiger partial charge >= 0.3 is 0 Å². The standard InChI is InChI=1S/C24H34FNOSi/c1-6-24(25)17-20(18-26(5)19-24)27-28(23(2,3)4,21-13-9-7-10-14-21)22-15-11-8-12-16-22/h7-16,20H,6,17-19H2,1-5H3/t20-,24-/m1/s1. The van der Waals surface area contributed by atoms with Crippen molar-refractivity contribution < 1.29 is 8.82 Å². The molecule has 0 radical (unpaired) electrons. The fraction of sp³-hybridized carbons (Fsp3) is 0.500. The number of likely N-dealkylation sites (tertiary alicyclic amines) is 1. The van der Waals surface area contributed by atoms with Gasteiger partial charge in [-0.2, -0.15) is 0 Å². The summed E-state index contributed by atoms with van der Waals surface area (Å²) in [5, 5.41) is 2.42. The Hall–Kier alpha value is -1.49. The lowest BCUT2D eigenvalue weighted by Crippen LogP contribution is -2.69. The quantitative estimate of drug-likeness (QED) is 0.692. The zero-order chi connectivity index (χ0) is 20.4. The highest BCUT2D eigenvalue weighted by atomic mass is 28.4. The predicted octanol–water partition coefficient (Wildman–Crippen LogP) is 4.39. The third-order valence-electron chi connectivity index (χ3n) is 6.06. The van der Waals surface area contributed by atoms with Crippen molar-refractivity contribution in [2.24, 2.45) is 0 Å². The van der Waals surface area contributed by atoms with Crippen LogP contribution >= 0.6 is 0 Å². The summed E-state index contributed by atoms with van der Waals surface area (Å²) in [5.74, 6) is 0. The highest BCUT2D eigenvalue weighted by molar-refractivity contribution is 6.99. The molecule has 28 heavy (non-hydrogen) atoms. The van der Waals surface area contributed by atoms with E-state index in [-0.39, 0.29) is 11.1 Å². The summed E-state index contributed by atoms with van der Waals surface area (Å²) in [4.78, 5) is 2.09. The van der Waals surface area contributed by atoms with Crippen LogP contribution in [0.2, 0.25) is 5.04 Å². The van der Waals surface area contributed by atoms with E-state index in [1.54, 1.807) is 0 Å². The molecule has 0 aliphatic carbocycles. The fourth-order valence-electron chi connectivity index (χ4n) is 4.71. The van der Waals surface area contributed by atoms with E-state index in [2.05, 4.69) is 74.2 Å². The molecule has 2 aromatic carbocycles. The molecule has 1 saturated heterocycles. The predicted molar refractivity (Wildman–Crippen MR) is 119 cm³/mol. The van der Waals surface area contributed by atoms with E-state index in [0.29, 0.717) is 19.4 Å². The summed E-state index contributed by atoms with van der Waals surface area (Å²) < 4.78 is 22.5. The molecule has 1 aliphatic rings. The molecular weight excluding hydrogens is 365 g/mol. The average Bonchev–Trinajstić information content (AvgIpc) is 2.66. The summed E-state index contributed by atoms with van der Waals surface area (Å²) >= 11 is 0. The zero-order valence-electron chi connectivity index (χ0n) is 17.9. The smallest absolute Gasteiger partial charge is 0.261 e. The monoisotopic (exact) mass is 399 g/mol. The van der Waals surface area contributed by atoms with Gasteiger partial charge in [0.15, 0.2) is 0 Å². The molecule has 2 aromatic rings. The molecule has 4 heteroatoms. The van der Waals surface area contributed by atoms with Crippen molar-refractivity contribution >= 4 is 18.7 Å². The highest BCUT2D eigenvalue weighted by Gasteiger charge is 2.52. The van der Waals surface area contributed by atoms with E-state index in [1.165, 1.54) is 10.4 Å². The number of piperidine rings is 1. The van der Waals surface area contributed by atoms with Crippen LogP contribution in [0, 0.1) is 0 Å². The van der Waals surface area contributed by atoms with Gasteiger partial charge in [-0.05, 0) is 28.9 Å². The van der Waals surface area contributed by atoms with Gasteiger partial charge in [0.25, 0.3) is 8.32 Å². The Labute approximate surface area is 170 Å². The molecule has 1 heterocycles. The number of hydrogen-bond donors (Lipinski definition) is 0. The Morgan fingerprint density at radius 3 is 1.96 bits per heavy atom. The number of halogens is 1. The van der Waals surface area contributed by atoms with E-state index in [4.69, 9.17) is 4.43 Å². The van der Waals surface area contributed by atoms with Crippen molar-refractivity contribution in [3.8, 4) is 0 Å². The van der Waals surface area contributed by atoms with Crippen molar-refractivity contribution in [3.05, 3.63) is 60.7 Å². The molecule has 0 aromatic heterocycles. The molecule has 2 nitrogen and oxygen atoms in total. The minimum Gasteiger partial charge on any atom is -0.403 e. The average molecular weight is 400 g/mol. The second-order valence-corrected chi connectivity index (χ2v) is 13.6. The van der Waals surface area contributed by atoms with Crippen molar-refractivity contribution in [1.82, 2.24) is 4.90 Å². The lowest BCUT2D eigenvalue weighted by molar-refractivity contribution is -0.0158.